The fraction of sp³-hybridized carbons (Fsp3) is 0.414. The molecule has 176 valence electrons. The third kappa shape index (κ3) is 8.84. The zero-order chi connectivity index (χ0) is 24.6. The molecule has 1 fully saturated rings. The minimum absolute atomic E-state index is 0.712. The fourth-order valence-electron chi connectivity index (χ4n) is 3.75. The molecule has 0 bridgehead atoms. The van der Waals surface area contributed by atoms with Crippen molar-refractivity contribution in [2.45, 2.75) is 73.1 Å². The van der Waals surface area contributed by atoms with Gasteiger partial charge < -0.3 is 4.74 Å². The number of nitrogens with zero attached hydrogens (tertiary/aromatic N) is 2. The van der Waals surface area contributed by atoms with Gasteiger partial charge in [-0.2, -0.15) is 0 Å². The molecule has 4 rings (SSSR count). The molecular weight excluding hydrogens is 408 g/mol. The normalized spacial score (nSPS) is 16.5. The van der Waals surface area contributed by atoms with Gasteiger partial charge in [0, 0.05) is 18.0 Å². The number of aromatic nitrogens is 2. The van der Waals surface area contributed by atoms with Crippen LogP contribution in [0.2, 0.25) is 0 Å². The van der Waals surface area contributed by atoms with Gasteiger partial charge in [-0.05, 0) is 79.1 Å². The van der Waals surface area contributed by atoms with E-state index in [0.717, 1.165) is 34.4 Å². The first-order valence-corrected chi connectivity index (χ1v) is 12.0. The quantitative estimate of drug-likeness (QED) is 0.298. The van der Waals surface area contributed by atoms with Crippen molar-refractivity contribution in [3.8, 4) is 22.9 Å². The van der Waals surface area contributed by atoms with Gasteiger partial charge in [0.05, 0.1) is 0 Å². The molecule has 0 unspecified atom stereocenters. The van der Waals surface area contributed by atoms with E-state index in [4.69, 9.17) is 9.39 Å². The van der Waals surface area contributed by atoms with E-state index in [2.05, 4.69) is 47.8 Å². The Morgan fingerprint density at radius 1 is 0.758 bits per heavy atom. The van der Waals surface area contributed by atoms with Gasteiger partial charge in [-0.1, -0.05) is 59.6 Å². The van der Waals surface area contributed by atoms with E-state index >= 15 is 0 Å². The van der Waals surface area contributed by atoms with Gasteiger partial charge in [0.15, 0.2) is 5.82 Å². The molecule has 1 aromatic heterocycles. The maximum atomic E-state index is 7.50. The first kappa shape index (κ1) is 28.1. The van der Waals surface area contributed by atoms with Crippen LogP contribution in [0.4, 0.5) is 0 Å². The van der Waals surface area contributed by atoms with Gasteiger partial charge in [0.25, 0.3) is 0 Å². The summed E-state index contributed by atoms with van der Waals surface area (Å²) >= 11 is 0. The van der Waals surface area contributed by atoms with Crippen molar-refractivity contribution in [3.63, 3.8) is 0 Å². The van der Waals surface area contributed by atoms with Crippen LogP contribution in [0.15, 0.2) is 60.9 Å². The van der Waals surface area contributed by atoms with Gasteiger partial charge in [-0.3, -0.25) is 0 Å². The second kappa shape index (κ2) is 15.8. The molecule has 4 heteroatoms. The van der Waals surface area contributed by atoms with Crippen LogP contribution in [0.25, 0.3) is 11.4 Å². The zero-order valence-corrected chi connectivity index (χ0v) is 21.0. The molecule has 2 aromatic carbocycles. The SMILES string of the molecule is CC.CC.Cc1cnc(-c2ccc(Oc3ccc(C4CCC(C)CC4)cc3)cc2)nc1.[C-]#[O+]. The molecule has 0 amide bonds. The van der Waals surface area contributed by atoms with Crippen LogP contribution in [0.5, 0.6) is 11.5 Å². The maximum absolute atomic E-state index is 7.50. The molecule has 1 aliphatic carbocycles. The van der Waals surface area contributed by atoms with E-state index in [1.807, 2.05) is 71.3 Å². The van der Waals surface area contributed by atoms with Crippen molar-refractivity contribution in [1.82, 2.24) is 9.97 Å². The Balaban J connectivity index is 0.000000841. The summed E-state index contributed by atoms with van der Waals surface area (Å²) in [6.07, 6.45) is 8.98. The molecule has 3 aromatic rings. The topological polar surface area (TPSA) is 54.9 Å². The molecule has 0 N–H and O–H groups in total. The predicted octanol–water partition coefficient (Wildman–Crippen LogP) is 8.55. The van der Waals surface area contributed by atoms with Gasteiger partial charge in [0.2, 0.25) is 0 Å². The fourth-order valence-corrected chi connectivity index (χ4v) is 3.75. The number of hydrogen-bond acceptors (Lipinski definition) is 3. The Kier molecular flexibility index (Phi) is 13.4. The summed E-state index contributed by atoms with van der Waals surface area (Å²) in [6, 6.07) is 16.6. The van der Waals surface area contributed by atoms with Gasteiger partial charge in [-0.15, -0.1) is 0 Å². The Hall–Kier alpha value is -2.94. The summed E-state index contributed by atoms with van der Waals surface area (Å²) in [5.41, 5.74) is 3.50. The molecular formula is C29H38N2O2. The number of aryl methyl sites for hydroxylation is 1. The standard InChI is InChI=1S/C24H26N2O.2C2H6.CO/c1-17-3-5-19(6-4-17)20-7-11-22(12-8-20)27-23-13-9-21(10-14-23)24-25-15-18(2)16-26-24;3*1-2/h7-17,19H,3-6H2,1-2H3;2*1-2H3;. The summed E-state index contributed by atoms with van der Waals surface area (Å²) < 4.78 is 13.5. The molecule has 33 heavy (non-hydrogen) atoms. The Morgan fingerprint density at radius 3 is 1.70 bits per heavy atom. The van der Waals surface area contributed by atoms with Crippen molar-refractivity contribution < 1.29 is 9.39 Å². The van der Waals surface area contributed by atoms with Crippen LogP contribution < -0.4 is 4.74 Å². The van der Waals surface area contributed by atoms with Crippen molar-refractivity contribution in [2.24, 2.45) is 5.92 Å². The second-order valence-corrected chi connectivity index (χ2v) is 7.74. The summed E-state index contributed by atoms with van der Waals surface area (Å²) in [5, 5.41) is 0. The van der Waals surface area contributed by atoms with Crippen LogP contribution in [0.1, 0.15) is 77.3 Å². The van der Waals surface area contributed by atoms with Gasteiger partial charge in [0.1, 0.15) is 11.5 Å². The third-order valence-electron chi connectivity index (χ3n) is 5.50. The average Bonchev–Trinajstić information content (AvgIpc) is 2.90. The second-order valence-electron chi connectivity index (χ2n) is 7.74. The van der Waals surface area contributed by atoms with E-state index in [0.29, 0.717) is 5.92 Å². The first-order valence-electron chi connectivity index (χ1n) is 12.0. The van der Waals surface area contributed by atoms with Gasteiger partial charge in [-0.25, -0.2) is 9.97 Å². The summed E-state index contributed by atoms with van der Waals surface area (Å²) in [5.74, 6) is 4.03. The van der Waals surface area contributed by atoms with Crippen LogP contribution in [0, 0.1) is 19.5 Å². The minimum atomic E-state index is 0.712. The summed E-state index contributed by atoms with van der Waals surface area (Å²) in [4.78, 5) is 8.74. The number of hydrogen-bond donors (Lipinski definition) is 0. The van der Waals surface area contributed by atoms with Crippen LogP contribution in [-0.2, 0) is 4.65 Å². The van der Waals surface area contributed by atoms with Crippen LogP contribution in [0.3, 0.4) is 0 Å². The van der Waals surface area contributed by atoms with E-state index in [1.165, 1.54) is 31.2 Å². The summed E-state index contributed by atoms with van der Waals surface area (Å²) in [6.45, 7) is 16.9. The molecule has 4 nitrogen and oxygen atoms in total. The van der Waals surface area contributed by atoms with Crippen molar-refractivity contribution >= 4 is 0 Å². The van der Waals surface area contributed by atoms with E-state index in [1.54, 1.807) is 0 Å². The predicted molar refractivity (Wildman–Crippen MR) is 136 cm³/mol. The average molecular weight is 447 g/mol. The Labute approximate surface area is 200 Å². The first-order chi connectivity index (χ1) is 16.2. The monoisotopic (exact) mass is 446 g/mol. The molecule has 0 spiro atoms. The van der Waals surface area contributed by atoms with Crippen LogP contribution >= 0.6 is 0 Å². The molecule has 0 radical (unpaired) electrons. The zero-order valence-electron chi connectivity index (χ0n) is 21.0. The number of benzene rings is 2. The Bertz CT molecular complexity index is 909. The number of rotatable bonds is 4. The molecule has 1 saturated carbocycles. The molecule has 0 aliphatic heterocycles. The third-order valence-corrected chi connectivity index (χ3v) is 5.50. The molecule has 0 saturated heterocycles. The molecule has 1 heterocycles. The van der Waals surface area contributed by atoms with Crippen LogP contribution in [-0.4, -0.2) is 9.97 Å². The van der Waals surface area contributed by atoms with E-state index in [-0.39, 0.29) is 0 Å². The van der Waals surface area contributed by atoms with Crippen molar-refractivity contribution in [1.29, 1.82) is 0 Å². The van der Waals surface area contributed by atoms with E-state index < -0.39 is 0 Å². The summed E-state index contributed by atoms with van der Waals surface area (Å²) in [7, 11) is 0. The molecule has 0 atom stereocenters. The number of ether oxygens (including phenoxy) is 1. The van der Waals surface area contributed by atoms with Gasteiger partial charge >= 0.3 is 11.3 Å². The Morgan fingerprint density at radius 2 is 1.21 bits per heavy atom. The molecule has 1 aliphatic rings. The van der Waals surface area contributed by atoms with Crippen molar-refractivity contribution in [3.05, 3.63) is 78.7 Å². The van der Waals surface area contributed by atoms with E-state index in [9.17, 15) is 0 Å². The van der Waals surface area contributed by atoms with Crippen molar-refractivity contribution in [2.75, 3.05) is 0 Å².